The molecule has 0 aliphatic rings. The van der Waals surface area contributed by atoms with Crippen molar-refractivity contribution < 1.29 is 9.90 Å². The number of nitrogens with one attached hydrogen (secondary N) is 1. The molecule has 0 aliphatic carbocycles. The molecule has 0 bridgehead atoms. The van der Waals surface area contributed by atoms with Gasteiger partial charge in [0.1, 0.15) is 12.3 Å². The topological polar surface area (TPSA) is 54.3 Å². The number of aromatic hydroxyl groups is 1. The van der Waals surface area contributed by atoms with Crippen LogP contribution in [-0.4, -0.2) is 15.6 Å². The molecule has 26 heavy (non-hydrogen) atoms. The minimum absolute atomic E-state index is 0.116. The van der Waals surface area contributed by atoms with E-state index < -0.39 is 0 Å². The molecule has 4 heteroatoms. The molecule has 1 aromatic heterocycles. The molecule has 1 heterocycles. The summed E-state index contributed by atoms with van der Waals surface area (Å²) in [5.41, 5.74) is 3.76. The standard InChI is InChI=1S/C22H18N2O2/c25-19-12-10-18(11-13-19)23-22(26)15-24-20-9-5-4-8-17(20)14-21(24)16-6-2-1-3-7-16/h1-14,25H,15H2,(H,23,26). The number of nitrogens with zero attached hydrogens (tertiary/aromatic N) is 1. The van der Waals surface area contributed by atoms with E-state index in [9.17, 15) is 9.90 Å². The summed E-state index contributed by atoms with van der Waals surface area (Å²) in [4.78, 5) is 12.6. The van der Waals surface area contributed by atoms with Crippen LogP contribution in [0.25, 0.3) is 22.2 Å². The number of para-hydroxylation sites is 1. The van der Waals surface area contributed by atoms with Crippen molar-refractivity contribution >= 4 is 22.5 Å². The number of hydrogen-bond donors (Lipinski definition) is 2. The number of rotatable bonds is 4. The summed E-state index contributed by atoms with van der Waals surface area (Å²) in [5.74, 6) is 0.0555. The van der Waals surface area contributed by atoms with Gasteiger partial charge < -0.3 is 15.0 Å². The van der Waals surface area contributed by atoms with E-state index in [1.807, 2.05) is 53.1 Å². The van der Waals surface area contributed by atoms with Gasteiger partial charge in [0.2, 0.25) is 5.91 Å². The molecule has 0 radical (unpaired) electrons. The average molecular weight is 342 g/mol. The fourth-order valence-corrected chi connectivity index (χ4v) is 3.12. The van der Waals surface area contributed by atoms with Gasteiger partial charge in [-0.05, 0) is 42.0 Å². The maximum Gasteiger partial charge on any atom is 0.244 e. The average Bonchev–Trinajstić information content (AvgIpc) is 3.03. The first-order chi connectivity index (χ1) is 12.7. The number of fused-ring (bicyclic) bond motifs is 1. The highest BCUT2D eigenvalue weighted by Gasteiger charge is 2.13. The van der Waals surface area contributed by atoms with Crippen molar-refractivity contribution in [3.8, 4) is 17.0 Å². The molecule has 0 unspecified atom stereocenters. The van der Waals surface area contributed by atoms with E-state index in [1.54, 1.807) is 24.3 Å². The molecule has 0 spiro atoms. The molecule has 128 valence electrons. The molecule has 1 amide bonds. The molecule has 2 N–H and O–H groups in total. The smallest absolute Gasteiger partial charge is 0.244 e. The second kappa shape index (κ2) is 6.76. The van der Waals surface area contributed by atoms with Crippen LogP contribution in [0.2, 0.25) is 0 Å². The lowest BCUT2D eigenvalue weighted by Gasteiger charge is -2.12. The summed E-state index contributed by atoms with van der Waals surface area (Å²) in [7, 11) is 0. The highest BCUT2D eigenvalue weighted by Crippen LogP contribution is 2.28. The highest BCUT2D eigenvalue weighted by atomic mass is 16.3. The van der Waals surface area contributed by atoms with E-state index in [2.05, 4.69) is 17.4 Å². The third-order valence-electron chi connectivity index (χ3n) is 4.33. The molecule has 0 fully saturated rings. The highest BCUT2D eigenvalue weighted by molar-refractivity contribution is 5.94. The van der Waals surface area contributed by atoms with Crippen LogP contribution in [0.4, 0.5) is 5.69 Å². The van der Waals surface area contributed by atoms with Gasteiger partial charge in [0, 0.05) is 22.3 Å². The van der Waals surface area contributed by atoms with Crippen LogP contribution in [0.15, 0.2) is 84.9 Å². The SMILES string of the molecule is O=C(Cn1c(-c2ccccc2)cc2ccccc21)Nc1ccc(O)cc1. The molecule has 4 rings (SSSR count). The van der Waals surface area contributed by atoms with Crippen molar-refractivity contribution in [2.45, 2.75) is 6.54 Å². The maximum atomic E-state index is 12.6. The van der Waals surface area contributed by atoms with E-state index >= 15 is 0 Å². The quantitative estimate of drug-likeness (QED) is 0.530. The van der Waals surface area contributed by atoms with Gasteiger partial charge in [0.15, 0.2) is 0 Å². The zero-order valence-corrected chi connectivity index (χ0v) is 14.1. The zero-order valence-electron chi connectivity index (χ0n) is 14.1. The molecule has 3 aromatic carbocycles. The summed E-state index contributed by atoms with van der Waals surface area (Å²) in [6.45, 7) is 0.207. The number of phenols is 1. The minimum atomic E-state index is -0.116. The molecular weight excluding hydrogens is 324 g/mol. The van der Waals surface area contributed by atoms with E-state index in [0.717, 1.165) is 22.2 Å². The molecule has 0 saturated carbocycles. The van der Waals surface area contributed by atoms with Crippen molar-refractivity contribution in [3.05, 3.63) is 84.9 Å². The number of hydrogen-bond acceptors (Lipinski definition) is 2. The number of anilines is 1. The third-order valence-corrected chi connectivity index (χ3v) is 4.33. The van der Waals surface area contributed by atoms with Gasteiger partial charge in [-0.2, -0.15) is 0 Å². The van der Waals surface area contributed by atoms with E-state index in [0.29, 0.717) is 5.69 Å². The van der Waals surface area contributed by atoms with Gasteiger partial charge in [-0.15, -0.1) is 0 Å². The number of carbonyl (C=O) groups excluding carboxylic acids is 1. The number of aromatic nitrogens is 1. The monoisotopic (exact) mass is 342 g/mol. The summed E-state index contributed by atoms with van der Waals surface area (Å²) < 4.78 is 2.03. The summed E-state index contributed by atoms with van der Waals surface area (Å²) in [5, 5.41) is 13.3. The Morgan fingerprint density at radius 2 is 1.58 bits per heavy atom. The summed E-state index contributed by atoms with van der Waals surface area (Å²) >= 11 is 0. The third kappa shape index (κ3) is 3.17. The fourth-order valence-electron chi connectivity index (χ4n) is 3.12. The molecule has 4 nitrogen and oxygen atoms in total. The predicted molar refractivity (Wildman–Crippen MR) is 104 cm³/mol. The summed E-state index contributed by atoms with van der Waals surface area (Å²) in [6.07, 6.45) is 0. The van der Waals surface area contributed by atoms with Gasteiger partial charge in [-0.25, -0.2) is 0 Å². The Bertz CT molecular complexity index is 1050. The lowest BCUT2D eigenvalue weighted by molar-refractivity contribution is -0.116. The first-order valence-electron chi connectivity index (χ1n) is 8.43. The lowest BCUT2D eigenvalue weighted by atomic mass is 10.1. The van der Waals surface area contributed by atoms with E-state index in [1.165, 1.54) is 0 Å². The van der Waals surface area contributed by atoms with Crippen LogP contribution in [0.1, 0.15) is 0 Å². The Morgan fingerprint density at radius 3 is 2.35 bits per heavy atom. The van der Waals surface area contributed by atoms with Gasteiger partial charge in [-0.1, -0.05) is 48.5 Å². The second-order valence-corrected chi connectivity index (χ2v) is 6.14. The van der Waals surface area contributed by atoms with Crippen molar-refractivity contribution in [1.82, 2.24) is 4.57 Å². The normalized spacial score (nSPS) is 10.8. The number of phenolic OH excluding ortho intramolecular Hbond substituents is 1. The van der Waals surface area contributed by atoms with Crippen molar-refractivity contribution in [3.63, 3.8) is 0 Å². The van der Waals surface area contributed by atoms with E-state index in [-0.39, 0.29) is 18.2 Å². The Kier molecular flexibility index (Phi) is 4.15. The Morgan fingerprint density at radius 1 is 0.885 bits per heavy atom. The Labute approximate surface area is 151 Å². The molecular formula is C22H18N2O2. The van der Waals surface area contributed by atoms with Gasteiger partial charge >= 0.3 is 0 Å². The molecule has 0 saturated heterocycles. The van der Waals surface area contributed by atoms with Crippen LogP contribution in [0.3, 0.4) is 0 Å². The number of benzene rings is 3. The van der Waals surface area contributed by atoms with Crippen molar-refractivity contribution in [2.24, 2.45) is 0 Å². The van der Waals surface area contributed by atoms with Crippen LogP contribution < -0.4 is 5.32 Å². The predicted octanol–water partition coefficient (Wildman–Crippen LogP) is 4.65. The van der Waals surface area contributed by atoms with Gasteiger partial charge in [0.05, 0.1) is 0 Å². The lowest BCUT2D eigenvalue weighted by Crippen LogP contribution is -2.19. The van der Waals surface area contributed by atoms with Crippen LogP contribution in [-0.2, 0) is 11.3 Å². The Hall–Kier alpha value is -3.53. The van der Waals surface area contributed by atoms with Crippen LogP contribution >= 0.6 is 0 Å². The first kappa shape index (κ1) is 16.0. The molecule has 4 aromatic rings. The van der Waals surface area contributed by atoms with Crippen LogP contribution in [0, 0.1) is 0 Å². The van der Waals surface area contributed by atoms with Gasteiger partial charge in [-0.3, -0.25) is 4.79 Å². The molecule has 0 aliphatic heterocycles. The minimum Gasteiger partial charge on any atom is -0.508 e. The van der Waals surface area contributed by atoms with E-state index in [4.69, 9.17) is 0 Å². The van der Waals surface area contributed by atoms with Crippen molar-refractivity contribution in [2.75, 3.05) is 5.32 Å². The Balaban J connectivity index is 1.68. The van der Waals surface area contributed by atoms with Crippen molar-refractivity contribution in [1.29, 1.82) is 0 Å². The van der Waals surface area contributed by atoms with Gasteiger partial charge in [0.25, 0.3) is 0 Å². The zero-order chi connectivity index (χ0) is 17.9. The largest absolute Gasteiger partial charge is 0.508 e. The number of carbonyl (C=O) groups is 1. The number of amides is 1. The fraction of sp³-hybridized carbons (Fsp3) is 0.0455. The maximum absolute atomic E-state index is 12.6. The molecule has 0 atom stereocenters. The van der Waals surface area contributed by atoms with Crippen LogP contribution in [0.5, 0.6) is 5.75 Å². The first-order valence-corrected chi connectivity index (χ1v) is 8.43. The second-order valence-electron chi connectivity index (χ2n) is 6.14. The summed E-state index contributed by atoms with van der Waals surface area (Å²) in [6, 6.07) is 26.7.